The molecule has 0 radical (unpaired) electrons. The first kappa shape index (κ1) is 12.7. The van der Waals surface area contributed by atoms with Gasteiger partial charge >= 0.3 is 0 Å². The van der Waals surface area contributed by atoms with Gasteiger partial charge in [-0.05, 0) is 51.5 Å². The molecule has 0 unspecified atom stereocenters. The molecule has 0 atom stereocenters. The van der Waals surface area contributed by atoms with E-state index in [4.69, 9.17) is 4.42 Å². The van der Waals surface area contributed by atoms with Crippen molar-refractivity contribution < 1.29 is 4.42 Å². The maximum absolute atomic E-state index is 5.89. The number of aryl methyl sites for hydroxylation is 1. The highest BCUT2D eigenvalue weighted by molar-refractivity contribution is 5.20. The minimum absolute atomic E-state index is 0.825. The molecule has 1 aromatic heterocycles. The second-order valence-electron chi connectivity index (χ2n) is 5.04. The molecular weight excluding hydrogens is 212 g/mol. The highest BCUT2D eigenvalue weighted by Gasteiger charge is 2.13. The van der Waals surface area contributed by atoms with Gasteiger partial charge in [0.2, 0.25) is 0 Å². The Morgan fingerprint density at radius 1 is 1.24 bits per heavy atom. The third-order valence-corrected chi connectivity index (χ3v) is 3.49. The van der Waals surface area contributed by atoms with Crippen molar-refractivity contribution in [1.29, 1.82) is 0 Å². The molecule has 0 bridgehead atoms. The van der Waals surface area contributed by atoms with Crippen molar-refractivity contribution in [3.8, 4) is 0 Å². The van der Waals surface area contributed by atoms with Gasteiger partial charge in [0.15, 0.2) is 0 Å². The van der Waals surface area contributed by atoms with Crippen LogP contribution in [0.4, 0.5) is 0 Å². The number of nitrogens with zero attached hydrogens (tertiary/aromatic N) is 1. The molecule has 1 fully saturated rings. The smallest absolute Gasteiger partial charge is 0.120 e. The van der Waals surface area contributed by atoms with E-state index in [1.807, 2.05) is 7.05 Å². The van der Waals surface area contributed by atoms with Gasteiger partial charge in [0.25, 0.3) is 0 Å². The lowest BCUT2D eigenvalue weighted by atomic mass is 10.2. The van der Waals surface area contributed by atoms with Crippen molar-refractivity contribution in [2.45, 2.75) is 45.7 Å². The van der Waals surface area contributed by atoms with E-state index in [0.717, 1.165) is 24.6 Å². The molecule has 0 aliphatic carbocycles. The number of hydrogen-bond acceptors (Lipinski definition) is 3. The summed E-state index contributed by atoms with van der Waals surface area (Å²) < 4.78 is 5.89. The zero-order chi connectivity index (χ0) is 12.1. The van der Waals surface area contributed by atoms with Gasteiger partial charge in [0, 0.05) is 0 Å². The Morgan fingerprint density at radius 3 is 2.59 bits per heavy atom. The Labute approximate surface area is 104 Å². The third kappa shape index (κ3) is 3.58. The van der Waals surface area contributed by atoms with Gasteiger partial charge in [-0.15, -0.1) is 0 Å². The number of rotatable bonds is 4. The SMILES string of the molecule is CNCc1oc(CN2CCCCCC2)cc1C. The van der Waals surface area contributed by atoms with Crippen LogP contribution in [0.1, 0.15) is 42.8 Å². The predicted molar refractivity (Wildman–Crippen MR) is 70.0 cm³/mol. The molecule has 0 saturated carbocycles. The van der Waals surface area contributed by atoms with Crippen LogP contribution in [0.5, 0.6) is 0 Å². The molecule has 0 spiro atoms. The summed E-state index contributed by atoms with van der Waals surface area (Å²) in [6.07, 6.45) is 5.45. The average molecular weight is 236 g/mol. The van der Waals surface area contributed by atoms with E-state index in [-0.39, 0.29) is 0 Å². The fourth-order valence-electron chi connectivity index (χ4n) is 2.52. The topological polar surface area (TPSA) is 28.4 Å². The molecule has 1 saturated heterocycles. The Kier molecular flexibility index (Phi) is 4.63. The molecule has 1 aliphatic rings. The number of furan rings is 1. The van der Waals surface area contributed by atoms with E-state index >= 15 is 0 Å². The van der Waals surface area contributed by atoms with Crippen LogP contribution in [0.2, 0.25) is 0 Å². The monoisotopic (exact) mass is 236 g/mol. The van der Waals surface area contributed by atoms with E-state index in [1.54, 1.807) is 0 Å². The average Bonchev–Trinajstić information content (AvgIpc) is 2.54. The maximum Gasteiger partial charge on any atom is 0.120 e. The van der Waals surface area contributed by atoms with Crippen molar-refractivity contribution in [1.82, 2.24) is 10.2 Å². The third-order valence-electron chi connectivity index (χ3n) is 3.49. The van der Waals surface area contributed by atoms with E-state index in [0.29, 0.717) is 0 Å². The quantitative estimate of drug-likeness (QED) is 0.871. The van der Waals surface area contributed by atoms with Crippen molar-refractivity contribution in [2.24, 2.45) is 0 Å². The van der Waals surface area contributed by atoms with Crippen LogP contribution in [-0.4, -0.2) is 25.0 Å². The maximum atomic E-state index is 5.89. The number of hydrogen-bond donors (Lipinski definition) is 1. The summed E-state index contributed by atoms with van der Waals surface area (Å²) >= 11 is 0. The molecule has 2 heterocycles. The van der Waals surface area contributed by atoms with E-state index in [2.05, 4.69) is 23.2 Å². The molecule has 1 aromatic rings. The van der Waals surface area contributed by atoms with Crippen LogP contribution in [0.25, 0.3) is 0 Å². The minimum atomic E-state index is 0.825. The van der Waals surface area contributed by atoms with Crippen LogP contribution < -0.4 is 5.32 Å². The van der Waals surface area contributed by atoms with Gasteiger partial charge in [0.1, 0.15) is 11.5 Å². The van der Waals surface area contributed by atoms with Gasteiger partial charge in [0.05, 0.1) is 13.1 Å². The normalized spacial score (nSPS) is 18.2. The van der Waals surface area contributed by atoms with E-state index in [1.165, 1.54) is 44.3 Å². The minimum Gasteiger partial charge on any atom is -0.463 e. The van der Waals surface area contributed by atoms with Gasteiger partial charge in [-0.3, -0.25) is 4.90 Å². The molecular formula is C14H24N2O. The first-order valence-electron chi connectivity index (χ1n) is 6.74. The summed E-state index contributed by atoms with van der Waals surface area (Å²) in [6, 6.07) is 2.19. The Balaban J connectivity index is 1.95. The van der Waals surface area contributed by atoms with E-state index in [9.17, 15) is 0 Å². The summed E-state index contributed by atoms with van der Waals surface area (Å²) in [4.78, 5) is 2.52. The van der Waals surface area contributed by atoms with Gasteiger partial charge in [-0.25, -0.2) is 0 Å². The molecule has 1 N–H and O–H groups in total. The zero-order valence-corrected chi connectivity index (χ0v) is 11.1. The Morgan fingerprint density at radius 2 is 1.94 bits per heavy atom. The highest BCUT2D eigenvalue weighted by Crippen LogP contribution is 2.18. The molecule has 3 heteroatoms. The fraction of sp³-hybridized carbons (Fsp3) is 0.714. The Hall–Kier alpha value is -0.800. The molecule has 1 aliphatic heterocycles. The Bertz CT molecular complexity index is 338. The van der Waals surface area contributed by atoms with Crippen LogP contribution >= 0.6 is 0 Å². The molecule has 2 rings (SSSR count). The summed E-state index contributed by atoms with van der Waals surface area (Å²) in [6.45, 7) is 6.38. The number of likely N-dealkylation sites (tertiary alicyclic amines) is 1. The molecule has 96 valence electrons. The van der Waals surface area contributed by atoms with Crippen molar-refractivity contribution >= 4 is 0 Å². The summed E-state index contributed by atoms with van der Waals surface area (Å²) in [7, 11) is 1.95. The first-order valence-corrected chi connectivity index (χ1v) is 6.74. The molecule has 3 nitrogen and oxygen atoms in total. The lowest BCUT2D eigenvalue weighted by Crippen LogP contribution is -2.23. The lowest BCUT2D eigenvalue weighted by Gasteiger charge is -2.17. The first-order chi connectivity index (χ1) is 8.29. The summed E-state index contributed by atoms with van der Waals surface area (Å²) in [5, 5.41) is 3.14. The van der Waals surface area contributed by atoms with Crippen molar-refractivity contribution in [2.75, 3.05) is 20.1 Å². The van der Waals surface area contributed by atoms with Crippen LogP contribution in [-0.2, 0) is 13.1 Å². The van der Waals surface area contributed by atoms with Crippen molar-refractivity contribution in [3.05, 3.63) is 23.2 Å². The van der Waals surface area contributed by atoms with Gasteiger partial charge in [-0.1, -0.05) is 12.8 Å². The fourth-order valence-corrected chi connectivity index (χ4v) is 2.52. The summed E-state index contributed by atoms with van der Waals surface area (Å²) in [5.41, 5.74) is 1.27. The van der Waals surface area contributed by atoms with E-state index < -0.39 is 0 Å². The number of nitrogens with one attached hydrogen (secondary N) is 1. The molecule has 0 aromatic carbocycles. The zero-order valence-electron chi connectivity index (χ0n) is 11.1. The van der Waals surface area contributed by atoms with Crippen LogP contribution in [0.3, 0.4) is 0 Å². The molecule has 0 amide bonds. The lowest BCUT2D eigenvalue weighted by molar-refractivity contribution is 0.250. The molecule has 17 heavy (non-hydrogen) atoms. The van der Waals surface area contributed by atoms with Crippen molar-refractivity contribution in [3.63, 3.8) is 0 Å². The van der Waals surface area contributed by atoms with Crippen LogP contribution in [0, 0.1) is 6.92 Å². The second-order valence-corrected chi connectivity index (χ2v) is 5.04. The second kappa shape index (κ2) is 6.22. The van der Waals surface area contributed by atoms with Crippen LogP contribution in [0.15, 0.2) is 10.5 Å². The van der Waals surface area contributed by atoms with Gasteiger partial charge in [-0.2, -0.15) is 0 Å². The summed E-state index contributed by atoms with van der Waals surface area (Å²) in [5.74, 6) is 2.20. The van der Waals surface area contributed by atoms with Gasteiger partial charge < -0.3 is 9.73 Å². The largest absolute Gasteiger partial charge is 0.463 e. The predicted octanol–water partition coefficient (Wildman–Crippen LogP) is 2.68. The highest BCUT2D eigenvalue weighted by atomic mass is 16.3. The standard InChI is InChI=1S/C14H24N2O/c1-12-9-13(17-14(12)10-15-2)11-16-7-5-3-4-6-8-16/h9,15H,3-8,10-11H2,1-2H3.